The number of likely N-dealkylation sites (N-methyl/N-ethyl adjacent to an activating group) is 1. The van der Waals surface area contributed by atoms with Gasteiger partial charge in [-0.2, -0.15) is 5.26 Å². The molecule has 32 heavy (non-hydrogen) atoms. The highest BCUT2D eigenvalue weighted by atomic mass is 15.4. The molecular weight excluding hydrogens is 394 g/mol. The number of nitrogens with zero attached hydrogens (tertiary/aromatic N) is 3. The summed E-state index contributed by atoms with van der Waals surface area (Å²) >= 11 is 0. The summed E-state index contributed by atoms with van der Waals surface area (Å²) in [4.78, 5) is 4.61. The summed E-state index contributed by atoms with van der Waals surface area (Å²) in [5.41, 5.74) is 5.12. The first-order valence-corrected chi connectivity index (χ1v) is 11.2. The molecule has 0 fully saturated rings. The van der Waals surface area contributed by atoms with Crippen LogP contribution in [0.1, 0.15) is 36.5 Å². The van der Waals surface area contributed by atoms with Gasteiger partial charge >= 0.3 is 0 Å². The fraction of sp³-hybridized carbons (Fsp3) is 0.296. The maximum absolute atomic E-state index is 9.11. The van der Waals surface area contributed by atoms with Gasteiger partial charge in [0.25, 0.3) is 0 Å². The molecule has 5 nitrogen and oxygen atoms in total. The third kappa shape index (κ3) is 5.53. The average Bonchev–Trinajstić information content (AvgIpc) is 3.14. The van der Waals surface area contributed by atoms with E-state index in [1.54, 1.807) is 6.20 Å². The molecule has 0 bridgehead atoms. The second kappa shape index (κ2) is 11.1. The van der Waals surface area contributed by atoms with Crippen LogP contribution in [0.5, 0.6) is 0 Å². The normalized spacial score (nSPS) is 15.2. The molecule has 1 atom stereocenters. The zero-order valence-corrected chi connectivity index (χ0v) is 19.1. The van der Waals surface area contributed by atoms with Crippen LogP contribution in [0.4, 0.5) is 0 Å². The Hall–Kier alpha value is -3.65. The Morgan fingerprint density at radius 3 is 2.53 bits per heavy atom. The molecule has 1 heterocycles. The van der Waals surface area contributed by atoms with E-state index in [-0.39, 0.29) is 6.17 Å². The number of unbranched alkanes of at least 4 members (excludes halogenated alkanes) is 1. The highest BCUT2D eigenvalue weighted by Gasteiger charge is 2.33. The molecule has 3 rings (SSSR count). The van der Waals surface area contributed by atoms with E-state index < -0.39 is 0 Å². The van der Waals surface area contributed by atoms with Gasteiger partial charge in [0.1, 0.15) is 17.7 Å². The lowest BCUT2D eigenvalue weighted by Crippen LogP contribution is -2.40. The molecule has 2 N–H and O–H groups in total. The molecule has 0 saturated carbocycles. The average molecular weight is 428 g/mol. The Balaban J connectivity index is 1.93. The van der Waals surface area contributed by atoms with Crippen molar-refractivity contribution >= 4 is 0 Å². The zero-order valence-electron chi connectivity index (χ0n) is 19.1. The molecule has 0 saturated heterocycles. The Bertz CT molecular complexity index is 985. The number of nitrogens with one attached hydrogen (secondary N) is 2. The fourth-order valence-electron chi connectivity index (χ4n) is 3.91. The zero-order chi connectivity index (χ0) is 22.9. The van der Waals surface area contributed by atoms with Gasteiger partial charge in [0.05, 0.1) is 17.3 Å². The monoisotopic (exact) mass is 427 g/mol. The first kappa shape index (κ1) is 23.0. The van der Waals surface area contributed by atoms with E-state index in [0.717, 1.165) is 49.6 Å². The molecule has 2 aromatic rings. The minimum atomic E-state index is 0.0388. The fourth-order valence-corrected chi connectivity index (χ4v) is 3.91. The van der Waals surface area contributed by atoms with Crippen molar-refractivity contribution in [1.29, 1.82) is 5.26 Å². The first-order chi connectivity index (χ1) is 15.6. The van der Waals surface area contributed by atoms with Crippen LogP contribution >= 0.6 is 0 Å². The molecule has 0 amide bonds. The predicted octanol–water partition coefficient (Wildman–Crippen LogP) is 4.68. The van der Waals surface area contributed by atoms with Crippen molar-refractivity contribution in [2.24, 2.45) is 0 Å². The van der Waals surface area contributed by atoms with E-state index in [2.05, 4.69) is 77.9 Å². The predicted molar refractivity (Wildman–Crippen MR) is 131 cm³/mol. The molecule has 2 aromatic carbocycles. The summed E-state index contributed by atoms with van der Waals surface area (Å²) < 4.78 is 0. The van der Waals surface area contributed by atoms with Crippen LogP contribution in [0.15, 0.2) is 91.2 Å². The summed E-state index contributed by atoms with van der Waals surface area (Å²) in [5.74, 6) is 0.919. The molecule has 166 valence electrons. The van der Waals surface area contributed by atoms with Crippen LogP contribution in [0.25, 0.3) is 0 Å². The van der Waals surface area contributed by atoms with Gasteiger partial charge in [-0.3, -0.25) is 0 Å². The number of benzene rings is 2. The largest absolute Gasteiger partial charge is 0.373 e. The van der Waals surface area contributed by atoms with Crippen LogP contribution in [0.3, 0.4) is 0 Å². The van der Waals surface area contributed by atoms with Gasteiger partial charge in [-0.1, -0.05) is 69.0 Å². The van der Waals surface area contributed by atoms with E-state index in [0.29, 0.717) is 5.56 Å². The Morgan fingerprint density at radius 2 is 1.91 bits per heavy atom. The SMILES string of the molecule is C=CNC1=C(C(=C)N(C)CCCC)N(Cc2ccccc2)C(Cc2ccc(C#N)cc2)N1. The van der Waals surface area contributed by atoms with Gasteiger partial charge in [0.2, 0.25) is 0 Å². The minimum Gasteiger partial charge on any atom is -0.373 e. The highest BCUT2D eigenvalue weighted by molar-refractivity contribution is 5.37. The maximum Gasteiger partial charge on any atom is 0.131 e. The van der Waals surface area contributed by atoms with E-state index in [9.17, 15) is 0 Å². The van der Waals surface area contributed by atoms with Crippen LogP contribution in [0.2, 0.25) is 0 Å². The van der Waals surface area contributed by atoms with Crippen LogP contribution in [-0.2, 0) is 13.0 Å². The lowest BCUT2D eigenvalue weighted by Gasteiger charge is -2.32. The van der Waals surface area contributed by atoms with Crippen molar-refractivity contribution in [3.63, 3.8) is 0 Å². The van der Waals surface area contributed by atoms with Gasteiger partial charge in [-0.05, 0) is 35.9 Å². The summed E-state index contributed by atoms with van der Waals surface area (Å²) in [6, 6.07) is 20.5. The van der Waals surface area contributed by atoms with E-state index >= 15 is 0 Å². The van der Waals surface area contributed by atoms with Gasteiger partial charge in [-0.25, -0.2) is 0 Å². The lowest BCUT2D eigenvalue weighted by molar-refractivity contribution is 0.241. The topological polar surface area (TPSA) is 54.3 Å². The summed E-state index contributed by atoms with van der Waals surface area (Å²) in [6.07, 6.45) is 4.79. The maximum atomic E-state index is 9.11. The lowest BCUT2D eigenvalue weighted by atomic mass is 10.1. The molecule has 1 unspecified atom stereocenters. The number of nitriles is 1. The van der Waals surface area contributed by atoms with E-state index in [1.165, 1.54) is 11.1 Å². The first-order valence-electron chi connectivity index (χ1n) is 11.2. The van der Waals surface area contributed by atoms with Gasteiger partial charge in [0, 0.05) is 26.6 Å². The number of hydrogen-bond donors (Lipinski definition) is 2. The third-order valence-electron chi connectivity index (χ3n) is 5.75. The van der Waals surface area contributed by atoms with Crippen LogP contribution in [0, 0.1) is 11.3 Å². The van der Waals surface area contributed by atoms with Crippen molar-refractivity contribution in [3.8, 4) is 6.07 Å². The Kier molecular flexibility index (Phi) is 7.99. The van der Waals surface area contributed by atoms with E-state index in [1.807, 2.05) is 30.3 Å². The summed E-state index contributed by atoms with van der Waals surface area (Å²) in [6.45, 7) is 12.2. The van der Waals surface area contributed by atoms with Crippen molar-refractivity contribution in [2.75, 3.05) is 13.6 Å². The quantitative estimate of drug-likeness (QED) is 0.545. The molecule has 5 heteroatoms. The smallest absolute Gasteiger partial charge is 0.131 e. The second-order valence-corrected chi connectivity index (χ2v) is 8.08. The van der Waals surface area contributed by atoms with Gasteiger partial charge in [0.15, 0.2) is 0 Å². The van der Waals surface area contributed by atoms with Crippen LogP contribution in [-0.4, -0.2) is 29.6 Å². The van der Waals surface area contributed by atoms with Gasteiger partial charge in [-0.15, -0.1) is 0 Å². The third-order valence-corrected chi connectivity index (χ3v) is 5.75. The van der Waals surface area contributed by atoms with Crippen molar-refractivity contribution in [1.82, 2.24) is 20.4 Å². The Morgan fingerprint density at radius 1 is 1.19 bits per heavy atom. The summed E-state index contributed by atoms with van der Waals surface area (Å²) in [7, 11) is 2.10. The molecule has 0 spiro atoms. The highest BCUT2D eigenvalue weighted by Crippen LogP contribution is 2.30. The second-order valence-electron chi connectivity index (χ2n) is 8.08. The van der Waals surface area contributed by atoms with Crippen LogP contribution < -0.4 is 10.6 Å². The van der Waals surface area contributed by atoms with E-state index in [4.69, 9.17) is 5.26 Å². The molecule has 1 aliphatic heterocycles. The minimum absolute atomic E-state index is 0.0388. The molecule has 0 aliphatic carbocycles. The summed E-state index contributed by atoms with van der Waals surface area (Å²) in [5, 5.41) is 16.1. The standard InChI is InChI=1S/C27H33N5/c1-5-7-17-31(4)21(3)26-27(29-6-2)30-25(18-22-13-15-23(19-28)16-14-22)32(26)20-24-11-9-8-10-12-24/h6,8-16,25,29-30H,2-3,5,7,17-18,20H2,1,4H3. The van der Waals surface area contributed by atoms with Crippen molar-refractivity contribution in [3.05, 3.63) is 108 Å². The number of rotatable bonds is 11. The van der Waals surface area contributed by atoms with Gasteiger partial charge < -0.3 is 20.4 Å². The molecular formula is C27H33N5. The molecule has 1 aliphatic rings. The number of hydrogen-bond acceptors (Lipinski definition) is 5. The Labute approximate surface area is 192 Å². The molecule has 0 aromatic heterocycles. The van der Waals surface area contributed by atoms with Crippen molar-refractivity contribution in [2.45, 2.75) is 38.9 Å². The molecule has 0 radical (unpaired) electrons. The van der Waals surface area contributed by atoms with Crippen molar-refractivity contribution < 1.29 is 0 Å².